The highest BCUT2D eigenvalue weighted by molar-refractivity contribution is 5.88. The fraction of sp³-hybridized carbons (Fsp3) is 0.462. The SMILES string of the molecule is CC(C)N1CCC(=O)C1c1ccccc1N. The minimum atomic E-state index is -0.138. The Morgan fingerprint density at radius 2 is 2.06 bits per heavy atom. The molecule has 1 fully saturated rings. The molecule has 0 spiro atoms. The van der Waals surface area contributed by atoms with Crippen LogP contribution in [-0.2, 0) is 4.79 Å². The standard InChI is InChI=1S/C13H18N2O/c1-9(2)15-8-7-12(16)13(15)10-5-3-4-6-11(10)14/h3-6,9,13H,7-8,14H2,1-2H3. The summed E-state index contributed by atoms with van der Waals surface area (Å²) < 4.78 is 0. The van der Waals surface area contributed by atoms with Crippen molar-refractivity contribution in [1.82, 2.24) is 4.90 Å². The number of likely N-dealkylation sites (tertiary alicyclic amines) is 1. The topological polar surface area (TPSA) is 46.3 Å². The number of carbonyl (C=O) groups is 1. The summed E-state index contributed by atoms with van der Waals surface area (Å²) in [6.45, 7) is 5.07. The van der Waals surface area contributed by atoms with Crippen LogP contribution in [0.3, 0.4) is 0 Å². The molecule has 2 N–H and O–H groups in total. The smallest absolute Gasteiger partial charge is 0.155 e. The Balaban J connectivity index is 2.38. The molecule has 0 bridgehead atoms. The van der Waals surface area contributed by atoms with Crippen LogP contribution in [0.25, 0.3) is 0 Å². The van der Waals surface area contributed by atoms with E-state index < -0.39 is 0 Å². The summed E-state index contributed by atoms with van der Waals surface area (Å²) in [5.74, 6) is 0.284. The molecule has 86 valence electrons. The molecule has 0 radical (unpaired) electrons. The van der Waals surface area contributed by atoms with E-state index in [9.17, 15) is 4.79 Å². The number of nitrogens with two attached hydrogens (primary N) is 1. The maximum Gasteiger partial charge on any atom is 0.155 e. The van der Waals surface area contributed by atoms with Crippen molar-refractivity contribution in [3.63, 3.8) is 0 Å². The summed E-state index contributed by atoms with van der Waals surface area (Å²) in [6, 6.07) is 7.89. The maximum atomic E-state index is 11.9. The molecule has 0 amide bonds. The molecule has 1 aromatic carbocycles. The van der Waals surface area contributed by atoms with Gasteiger partial charge < -0.3 is 5.73 Å². The molecule has 3 nitrogen and oxygen atoms in total. The second kappa shape index (κ2) is 4.26. The second-order valence-corrected chi connectivity index (χ2v) is 4.58. The van der Waals surface area contributed by atoms with E-state index in [2.05, 4.69) is 18.7 Å². The molecule has 0 aliphatic carbocycles. The van der Waals surface area contributed by atoms with Crippen LogP contribution in [0.4, 0.5) is 5.69 Å². The van der Waals surface area contributed by atoms with Crippen LogP contribution in [0, 0.1) is 0 Å². The van der Waals surface area contributed by atoms with Crippen molar-refractivity contribution in [3.8, 4) is 0 Å². The lowest BCUT2D eigenvalue weighted by Crippen LogP contribution is -2.32. The number of nitrogens with zero attached hydrogens (tertiary/aromatic N) is 1. The third-order valence-electron chi connectivity index (χ3n) is 3.21. The van der Waals surface area contributed by atoms with Gasteiger partial charge in [-0.2, -0.15) is 0 Å². The molecule has 1 saturated heterocycles. The van der Waals surface area contributed by atoms with Crippen LogP contribution < -0.4 is 5.73 Å². The summed E-state index contributed by atoms with van der Waals surface area (Å²) >= 11 is 0. The van der Waals surface area contributed by atoms with Crippen LogP contribution >= 0.6 is 0 Å². The van der Waals surface area contributed by atoms with Gasteiger partial charge >= 0.3 is 0 Å². The van der Waals surface area contributed by atoms with Crippen molar-refractivity contribution in [1.29, 1.82) is 0 Å². The van der Waals surface area contributed by atoms with Gasteiger partial charge in [-0.3, -0.25) is 9.69 Å². The third kappa shape index (κ3) is 1.83. The molecule has 3 heteroatoms. The van der Waals surface area contributed by atoms with E-state index in [0.717, 1.165) is 12.1 Å². The van der Waals surface area contributed by atoms with Gasteiger partial charge in [0.25, 0.3) is 0 Å². The predicted octanol–water partition coefficient (Wildman–Crippen LogP) is 1.99. The fourth-order valence-electron chi connectivity index (χ4n) is 2.36. The molecular formula is C13H18N2O. The predicted molar refractivity (Wildman–Crippen MR) is 65.1 cm³/mol. The van der Waals surface area contributed by atoms with Crippen LogP contribution in [0.1, 0.15) is 31.9 Å². The first kappa shape index (κ1) is 11.1. The van der Waals surface area contributed by atoms with E-state index in [1.807, 2.05) is 24.3 Å². The average molecular weight is 218 g/mol. The molecule has 0 aromatic heterocycles. The van der Waals surface area contributed by atoms with Crippen LogP contribution in [0.15, 0.2) is 24.3 Å². The first-order chi connectivity index (χ1) is 7.61. The van der Waals surface area contributed by atoms with E-state index in [-0.39, 0.29) is 11.8 Å². The highest BCUT2D eigenvalue weighted by Crippen LogP contribution is 2.33. The second-order valence-electron chi connectivity index (χ2n) is 4.58. The van der Waals surface area contributed by atoms with Crippen molar-refractivity contribution in [2.75, 3.05) is 12.3 Å². The molecule has 2 rings (SSSR count). The molecule has 0 saturated carbocycles. The zero-order valence-electron chi connectivity index (χ0n) is 9.81. The van der Waals surface area contributed by atoms with E-state index in [0.29, 0.717) is 18.2 Å². The highest BCUT2D eigenvalue weighted by atomic mass is 16.1. The van der Waals surface area contributed by atoms with Gasteiger partial charge in [-0.15, -0.1) is 0 Å². The Labute approximate surface area is 96.2 Å². The van der Waals surface area contributed by atoms with Gasteiger partial charge in [0, 0.05) is 24.7 Å². The molecule has 16 heavy (non-hydrogen) atoms. The summed E-state index contributed by atoms with van der Waals surface area (Å²) in [7, 11) is 0. The zero-order valence-corrected chi connectivity index (χ0v) is 9.81. The highest BCUT2D eigenvalue weighted by Gasteiger charge is 2.35. The number of nitrogen functional groups attached to an aromatic ring is 1. The van der Waals surface area contributed by atoms with Gasteiger partial charge in [-0.25, -0.2) is 0 Å². The maximum absolute atomic E-state index is 11.9. The Morgan fingerprint density at radius 1 is 1.38 bits per heavy atom. The first-order valence-corrected chi connectivity index (χ1v) is 5.74. The number of ketones is 1. The molecule has 1 aromatic rings. The summed E-state index contributed by atoms with van der Waals surface area (Å²) in [4.78, 5) is 14.2. The monoisotopic (exact) mass is 218 g/mol. The van der Waals surface area contributed by atoms with E-state index in [1.165, 1.54) is 0 Å². The quantitative estimate of drug-likeness (QED) is 0.772. The van der Waals surface area contributed by atoms with Crippen molar-refractivity contribution < 1.29 is 4.79 Å². The number of para-hydroxylation sites is 1. The Hall–Kier alpha value is -1.35. The van der Waals surface area contributed by atoms with E-state index in [4.69, 9.17) is 5.73 Å². The van der Waals surface area contributed by atoms with Gasteiger partial charge in [0.05, 0.1) is 6.04 Å². The summed E-state index contributed by atoms with van der Waals surface area (Å²) in [5, 5.41) is 0. The molecule has 1 atom stereocenters. The van der Waals surface area contributed by atoms with Crippen molar-refractivity contribution in [2.45, 2.75) is 32.4 Å². The molecule has 1 heterocycles. The third-order valence-corrected chi connectivity index (χ3v) is 3.21. The van der Waals surface area contributed by atoms with E-state index >= 15 is 0 Å². The lowest BCUT2D eigenvalue weighted by atomic mass is 10.0. The molecular weight excluding hydrogens is 200 g/mol. The number of hydrogen-bond donors (Lipinski definition) is 1. The minimum Gasteiger partial charge on any atom is -0.398 e. The van der Waals surface area contributed by atoms with Gasteiger partial charge in [0.15, 0.2) is 5.78 Å². The molecule has 1 unspecified atom stereocenters. The fourth-order valence-corrected chi connectivity index (χ4v) is 2.36. The number of anilines is 1. The Kier molecular flexibility index (Phi) is 2.97. The Bertz CT molecular complexity index is 401. The van der Waals surface area contributed by atoms with Crippen molar-refractivity contribution >= 4 is 11.5 Å². The van der Waals surface area contributed by atoms with Gasteiger partial charge in [0.2, 0.25) is 0 Å². The van der Waals surface area contributed by atoms with Gasteiger partial charge in [-0.1, -0.05) is 18.2 Å². The molecule has 1 aliphatic heterocycles. The lowest BCUT2D eigenvalue weighted by Gasteiger charge is -2.28. The largest absolute Gasteiger partial charge is 0.398 e. The average Bonchev–Trinajstić information content (AvgIpc) is 2.61. The van der Waals surface area contributed by atoms with Gasteiger partial charge in [0.1, 0.15) is 0 Å². The first-order valence-electron chi connectivity index (χ1n) is 5.74. The lowest BCUT2D eigenvalue weighted by molar-refractivity contribution is -0.120. The normalized spacial score (nSPS) is 21.9. The van der Waals surface area contributed by atoms with Gasteiger partial charge in [-0.05, 0) is 25.5 Å². The summed E-state index contributed by atoms with van der Waals surface area (Å²) in [6.07, 6.45) is 0.636. The van der Waals surface area contributed by atoms with Crippen LogP contribution in [0.5, 0.6) is 0 Å². The van der Waals surface area contributed by atoms with Crippen molar-refractivity contribution in [3.05, 3.63) is 29.8 Å². The summed E-state index contributed by atoms with van der Waals surface area (Å²) in [5.41, 5.74) is 7.62. The number of benzene rings is 1. The number of rotatable bonds is 2. The van der Waals surface area contributed by atoms with E-state index in [1.54, 1.807) is 0 Å². The van der Waals surface area contributed by atoms with Crippen LogP contribution in [0.2, 0.25) is 0 Å². The van der Waals surface area contributed by atoms with Crippen molar-refractivity contribution in [2.24, 2.45) is 0 Å². The molecule has 1 aliphatic rings. The minimum absolute atomic E-state index is 0.138. The van der Waals surface area contributed by atoms with Crippen LogP contribution in [-0.4, -0.2) is 23.3 Å². The number of Topliss-reactive ketones (excluding diaryl/α,β-unsaturated/α-hetero) is 1. The Morgan fingerprint density at radius 3 is 2.69 bits per heavy atom. The number of hydrogen-bond acceptors (Lipinski definition) is 3. The number of carbonyl (C=O) groups excluding carboxylic acids is 1. The zero-order chi connectivity index (χ0) is 11.7.